The molecule has 2 aromatic heterocycles. The van der Waals surface area contributed by atoms with Crippen LogP contribution in [0.25, 0.3) is 5.82 Å². The lowest BCUT2D eigenvalue weighted by Gasteiger charge is -2.11. The van der Waals surface area contributed by atoms with E-state index < -0.39 is 28.9 Å². The van der Waals surface area contributed by atoms with E-state index >= 15 is 0 Å². The standard InChI is InChI=1S/C10H8F3N5O2/c1-14-9(20)5-4-15-18(8(5)10(11,12)13)6-2-3-7(19)17-16-6/h2-4H,1H3,(H,14,20)(H,17,19). The van der Waals surface area contributed by atoms with Crippen LogP contribution in [-0.4, -0.2) is 32.9 Å². The van der Waals surface area contributed by atoms with Gasteiger partial charge in [0.25, 0.3) is 11.5 Å². The first-order chi connectivity index (χ1) is 9.34. The Kier molecular flexibility index (Phi) is 3.30. The summed E-state index contributed by atoms with van der Waals surface area (Å²) < 4.78 is 39.6. The zero-order valence-electron chi connectivity index (χ0n) is 10.0. The molecule has 2 N–H and O–H groups in total. The number of nitrogens with one attached hydrogen (secondary N) is 2. The molecule has 0 fully saturated rings. The van der Waals surface area contributed by atoms with Crippen molar-refractivity contribution in [3.8, 4) is 5.82 Å². The number of H-pyrrole nitrogens is 1. The SMILES string of the molecule is CNC(=O)c1cnn(-c2ccc(=O)[nH]n2)c1C(F)(F)F. The fourth-order valence-corrected chi connectivity index (χ4v) is 1.55. The predicted octanol–water partition coefficient (Wildman–Crippen LogP) is 0.334. The molecule has 106 valence electrons. The summed E-state index contributed by atoms with van der Waals surface area (Å²) in [6.07, 6.45) is -4.02. The lowest BCUT2D eigenvalue weighted by Crippen LogP contribution is -2.24. The quantitative estimate of drug-likeness (QED) is 0.832. The molecule has 2 heterocycles. The Morgan fingerprint density at radius 2 is 2.10 bits per heavy atom. The van der Waals surface area contributed by atoms with Gasteiger partial charge in [0.2, 0.25) is 0 Å². The van der Waals surface area contributed by atoms with E-state index in [1.54, 1.807) is 0 Å². The highest BCUT2D eigenvalue weighted by atomic mass is 19.4. The number of carbonyl (C=O) groups is 1. The van der Waals surface area contributed by atoms with Crippen molar-refractivity contribution in [2.75, 3.05) is 7.05 Å². The predicted molar refractivity (Wildman–Crippen MR) is 60.4 cm³/mol. The fraction of sp³-hybridized carbons (Fsp3) is 0.200. The van der Waals surface area contributed by atoms with E-state index in [-0.39, 0.29) is 5.82 Å². The van der Waals surface area contributed by atoms with E-state index in [0.29, 0.717) is 4.68 Å². The van der Waals surface area contributed by atoms with Crippen LogP contribution in [0, 0.1) is 0 Å². The number of amides is 1. The molecule has 2 rings (SSSR count). The third kappa shape index (κ3) is 2.39. The first-order valence-corrected chi connectivity index (χ1v) is 5.28. The van der Waals surface area contributed by atoms with Gasteiger partial charge in [-0.2, -0.15) is 23.4 Å². The van der Waals surface area contributed by atoms with Crippen LogP contribution in [0.3, 0.4) is 0 Å². The van der Waals surface area contributed by atoms with Crippen LogP contribution < -0.4 is 10.9 Å². The van der Waals surface area contributed by atoms with Crippen LogP contribution in [0.5, 0.6) is 0 Å². The first kappa shape index (κ1) is 13.8. The number of alkyl halides is 3. The number of aromatic amines is 1. The Balaban J connectivity index is 2.65. The van der Waals surface area contributed by atoms with Crippen molar-refractivity contribution >= 4 is 5.91 Å². The van der Waals surface area contributed by atoms with Gasteiger partial charge in [0.15, 0.2) is 11.5 Å². The molecule has 10 heteroatoms. The van der Waals surface area contributed by atoms with Crippen LogP contribution in [0.4, 0.5) is 13.2 Å². The molecule has 1 amide bonds. The van der Waals surface area contributed by atoms with E-state index in [0.717, 1.165) is 18.3 Å². The van der Waals surface area contributed by atoms with E-state index in [2.05, 4.69) is 15.5 Å². The van der Waals surface area contributed by atoms with Gasteiger partial charge in [0.1, 0.15) is 0 Å². The highest BCUT2D eigenvalue weighted by Crippen LogP contribution is 2.33. The second-order valence-corrected chi connectivity index (χ2v) is 3.67. The minimum absolute atomic E-state index is 0.257. The number of hydrogen-bond acceptors (Lipinski definition) is 4. The van der Waals surface area contributed by atoms with Crippen molar-refractivity contribution in [1.29, 1.82) is 0 Å². The minimum atomic E-state index is -4.81. The third-order valence-corrected chi connectivity index (χ3v) is 2.39. The van der Waals surface area contributed by atoms with Crippen LogP contribution in [0.1, 0.15) is 16.1 Å². The molecule has 0 saturated heterocycles. The molecule has 0 radical (unpaired) electrons. The summed E-state index contributed by atoms with van der Waals surface area (Å²) in [4.78, 5) is 22.3. The molecule has 2 aromatic rings. The largest absolute Gasteiger partial charge is 0.434 e. The number of halogens is 3. The maximum absolute atomic E-state index is 13.1. The Morgan fingerprint density at radius 3 is 2.60 bits per heavy atom. The topological polar surface area (TPSA) is 92.7 Å². The Labute approximate surface area is 109 Å². The van der Waals surface area contributed by atoms with Gasteiger partial charge in [-0.25, -0.2) is 9.78 Å². The Bertz CT molecular complexity index is 683. The molecule has 20 heavy (non-hydrogen) atoms. The van der Waals surface area contributed by atoms with Crippen molar-refractivity contribution in [3.63, 3.8) is 0 Å². The van der Waals surface area contributed by atoms with Crippen LogP contribution in [0.15, 0.2) is 23.1 Å². The summed E-state index contributed by atoms with van der Waals surface area (Å²) in [7, 11) is 1.21. The summed E-state index contributed by atoms with van der Waals surface area (Å²) in [5.74, 6) is -1.18. The van der Waals surface area contributed by atoms with Gasteiger partial charge in [-0.1, -0.05) is 0 Å². The molecular weight excluding hydrogens is 279 g/mol. The van der Waals surface area contributed by atoms with Crippen molar-refractivity contribution in [1.82, 2.24) is 25.3 Å². The zero-order valence-corrected chi connectivity index (χ0v) is 10.0. The van der Waals surface area contributed by atoms with Gasteiger partial charge in [-0.3, -0.25) is 9.59 Å². The van der Waals surface area contributed by atoms with E-state index in [1.165, 1.54) is 7.05 Å². The van der Waals surface area contributed by atoms with Crippen molar-refractivity contribution in [2.45, 2.75) is 6.18 Å². The maximum Gasteiger partial charge on any atom is 0.434 e. The Morgan fingerprint density at radius 1 is 1.40 bits per heavy atom. The summed E-state index contributed by atoms with van der Waals surface area (Å²) in [6.45, 7) is 0. The summed E-state index contributed by atoms with van der Waals surface area (Å²) in [6, 6.07) is 2.07. The number of hydrogen-bond donors (Lipinski definition) is 2. The molecule has 0 unspecified atom stereocenters. The van der Waals surface area contributed by atoms with Crippen molar-refractivity contribution in [2.24, 2.45) is 0 Å². The molecule has 0 aliphatic heterocycles. The van der Waals surface area contributed by atoms with E-state index in [1.807, 2.05) is 5.10 Å². The second kappa shape index (κ2) is 4.79. The molecule has 0 atom stereocenters. The van der Waals surface area contributed by atoms with Gasteiger partial charge in [-0.15, -0.1) is 0 Å². The fourth-order valence-electron chi connectivity index (χ4n) is 1.55. The molecule has 0 bridgehead atoms. The van der Waals surface area contributed by atoms with Crippen molar-refractivity contribution in [3.05, 3.63) is 39.9 Å². The number of rotatable bonds is 2. The van der Waals surface area contributed by atoms with Gasteiger partial charge in [0, 0.05) is 13.1 Å². The molecule has 0 aromatic carbocycles. The third-order valence-electron chi connectivity index (χ3n) is 2.39. The highest BCUT2D eigenvalue weighted by molar-refractivity contribution is 5.95. The number of carbonyl (C=O) groups excluding carboxylic acids is 1. The molecular formula is C10H8F3N5O2. The van der Waals surface area contributed by atoms with Gasteiger partial charge < -0.3 is 5.32 Å². The molecule has 0 aliphatic carbocycles. The Hall–Kier alpha value is -2.65. The van der Waals surface area contributed by atoms with Gasteiger partial charge >= 0.3 is 6.18 Å². The van der Waals surface area contributed by atoms with Gasteiger partial charge in [0.05, 0.1) is 11.8 Å². The number of aromatic nitrogens is 4. The first-order valence-electron chi connectivity index (χ1n) is 5.28. The van der Waals surface area contributed by atoms with Crippen LogP contribution in [0.2, 0.25) is 0 Å². The summed E-state index contributed by atoms with van der Waals surface area (Å²) in [5, 5.41) is 11.0. The van der Waals surface area contributed by atoms with Crippen molar-refractivity contribution < 1.29 is 18.0 Å². The van der Waals surface area contributed by atoms with E-state index in [4.69, 9.17) is 0 Å². The van der Waals surface area contributed by atoms with Gasteiger partial charge in [-0.05, 0) is 6.07 Å². The summed E-state index contributed by atoms with van der Waals surface area (Å²) >= 11 is 0. The highest BCUT2D eigenvalue weighted by Gasteiger charge is 2.40. The normalized spacial score (nSPS) is 11.4. The molecule has 7 nitrogen and oxygen atoms in total. The monoisotopic (exact) mass is 287 g/mol. The minimum Gasteiger partial charge on any atom is -0.355 e. The molecule has 0 aliphatic rings. The smallest absolute Gasteiger partial charge is 0.355 e. The lowest BCUT2D eigenvalue weighted by atomic mass is 10.2. The zero-order chi connectivity index (χ0) is 14.9. The molecule has 0 saturated carbocycles. The van der Waals surface area contributed by atoms with E-state index in [9.17, 15) is 22.8 Å². The maximum atomic E-state index is 13.1. The molecule has 0 spiro atoms. The average Bonchev–Trinajstić information content (AvgIpc) is 2.83. The van der Waals surface area contributed by atoms with Crippen LogP contribution >= 0.6 is 0 Å². The average molecular weight is 287 g/mol. The lowest BCUT2D eigenvalue weighted by molar-refractivity contribution is -0.143. The second-order valence-electron chi connectivity index (χ2n) is 3.67. The summed E-state index contributed by atoms with van der Waals surface area (Å²) in [5.41, 5.74) is -2.47. The van der Waals surface area contributed by atoms with Crippen LogP contribution in [-0.2, 0) is 6.18 Å². The number of nitrogens with zero attached hydrogens (tertiary/aromatic N) is 3.